The van der Waals surface area contributed by atoms with Crippen molar-refractivity contribution >= 4 is 0 Å². The zero-order valence-corrected chi connectivity index (χ0v) is 9.20. The van der Waals surface area contributed by atoms with Crippen LogP contribution >= 0.6 is 0 Å². The first-order valence-electron chi connectivity index (χ1n) is 4.45. The second-order valence-corrected chi connectivity index (χ2v) is 3.48. The Morgan fingerprint density at radius 1 is 0.737 bits per heavy atom. The third-order valence-corrected chi connectivity index (χ3v) is 1.88. The third kappa shape index (κ3) is 7.18. The number of nitrogens with zero attached hydrogens (tertiary/aromatic N) is 4. The summed E-state index contributed by atoms with van der Waals surface area (Å²) in [6, 6.07) is 0. The molecule has 0 saturated carbocycles. The second kappa shape index (κ2) is 6.82. The predicted molar refractivity (Wildman–Crippen MR) is 52.0 cm³/mol. The molecule has 0 fully saturated rings. The fourth-order valence-electron chi connectivity index (χ4n) is 1.20. The summed E-state index contributed by atoms with van der Waals surface area (Å²) in [5, 5.41) is 38.2. The molecule has 0 aromatic carbocycles. The molecule has 0 aliphatic rings. The van der Waals surface area contributed by atoms with Crippen LogP contribution in [0.2, 0.25) is 0 Å². The molecule has 19 heavy (non-hydrogen) atoms. The van der Waals surface area contributed by atoms with Gasteiger partial charge in [-0.1, -0.05) is 0 Å². The molecular formula is C5H8N4O10. The summed E-state index contributed by atoms with van der Waals surface area (Å²) in [6.07, 6.45) is 0. The van der Waals surface area contributed by atoms with E-state index < -0.39 is 51.7 Å². The summed E-state index contributed by atoms with van der Waals surface area (Å²) in [7, 11) is 0. The van der Waals surface area contributed by atoms with E-state index in [1.165, 1.54) is 0 Å². The van der Waals surface area contributed by atoms with E-state index in [9.17, 15) is 40.5 Å². The van der Waals surface area contributed by atoms with E-state index in [0.717, 1.165) is 0 Å². The van der Waals surface area contributed by atoms with Crippen molar-refractivity contribution in [2.75, 3.05) is 26.3 Å². The van der Waals surface area contributed by atoms with E-state index in [-0.39, 0.29) is 0 Å². The maximum absolute atomic E-state index is 10.4. The molecule has 0 unspecified atom stereocenters. The molecule has 0 rings (SSSR count). The summed E-state index contributed by atoms with van der Waals surface area (Å²) >= 11 is 0. The monoisotopic (exact) mass is 284 g/mol. The fourth-order valence-corrected chi connectivity index (χ4v) is 1.20. The molecule has 0 amide bonds. The van der Waals surface area contributed by atoms with Gasteiger partial charge in [-0.2, -0.15) is 0 Å². The smallest absolute Gasteiger partial charge is 0.294 e. The molecule has 108 valence electrons. The largest absolute Gasteiger partial charge is 0.313 e. The fraction of sp³-hybridized carbons (Fsp3) is 1.00. The zero-order valence-electron chi connectivity index (χ0n) is 9.20. The third-order valence-electron chi connectivity index (χ3n) is 1.88. The van der Waals surface area contributed by atoms with Gasteiger partial charge < -0.3 is 9.68 Å². The Balaban J connectivity index is 5.04. The first kappa shape index (κ1) is 16.2. The predicted octanol–water partition coefficient (Wildman–Crippen LogP) is -1.06. The zero-order chi connectivity index (χ0) is 15.1. The summed E-state index contributed by atoms with van der Waals surface area (Å²) in [4.78, 5) is 46.6. The van der Waals surface area contributed by atoms with Gasteiger partial charge >= 0.3 is 0 Å². The molecule has 0 aliphatic carbocycles. The molecule has 0 atom stereocenters. The molecule has 0 saturated heterocycles. The van der Waals surface area contributed by atoms with Gasteiger partial charge in [-0.15, -0.1) is 20.2 Å². The summed E-state index contributed by atoms with van der Waals surface area (Å²) in [6.45, 7) is -4.46. The van der Waals surface area contributed by atoms with Crippen LogP contribution in [0.3, 0.4) is 0 Å². The molecular weight excluding hydrogens is 276 g/mol. The van der Waals surface area contributed by atoms with Gasteiger partial charge in [-0.05, 0) is 0 Å². The maximum Gasteiger partial charge on any atom is 0.294 e. The SMILES string of the molecule is O=[N+]([O-])CC(CO[N+](=O)[O-])(CO[N+](=O)[O-])C[N+](=O)[O-]. The van der Waals surface area contributed by atoms with Gasteiger partial charge in [0, 0.05) is 9.85 Å². The maximum atomic E-state index is 10.4. The van der Waals surface area contributed by atoms with Crippen LogP contribution in [-0.2, 0) is 9.68 Å². The normalized spacial score (nSPS) is 10.5. The van der Waals surface area contributed by atoms with E-state index >= 15 is 0 Å². The van der Waals surface area contributed by atoms with E-state index in [0.29, 0.717) is 0 Å². The quantitative estimate of drug-likeness (QED) is 0.352. The standard InChI is InChI=1S/C5H8N4O10/c10-6(11)1-5(2-7(12)13,3-18-8(14)15)4-19-9(16)17/h1-4H2. The highest BCUT2D eigenvalue weighted by molar-refractivity contribution is 4.77. The first-order valence-corrected chi connectivity index (χ1v) is 4.45. The van der Waals surface area contributed by atoms with Gasteiger partial charge in [0.15, 0.2) is 0 Å². The Morgan fingerprint density at radius 2 is 1.05 bits per heavy atom. The Bertz CT molecular complexity index is 346. The van der Waals surface area contributed by atoms with Gasteiger partial charge in [0.05, 0.1) is 0 Å². The van der Waals surface area contributed by atoms with E-state index in [4.69, 9.17) is 0 Å². The number of rotatable bonds is 10. The molecule has 0 heterocycles. The van der Waals surface area contributed by atoms with Crippen molar-refractivity contribution in [2.45, 2.75) is 0 Å². The number of hydrogen-bond donors (Lipinski definition) is 0. The van der Waals surface area contributed by atoms with Gasteiger partial charge in [-0.3, -0.25) is 20.2 Å². The molecule has 0 spiro atoms. The molecule has 0 aliphatic heterocycles. The van der Waals surface area contributed by atoms with Crippen LogP contribution in [0, 0.1) is 45.9 Å². The van der Waals surface area contributed by atoms with Crippen LogP contribution < -0.4 is 0 Å². The summed E-state index contributed by atoms with van der Waals surface area (Å²) in [5.74, 6) is 0. The minimum absolute atomic E-state index is 1.00. The molecule has 0 aromatic heterocycles. The van der Waals surface area contributed by atoms with Crippen LogP contribution in [0.25, 0.3) is 0 Å². The van der Waals surface area contributed by atoms with E-state index in [2.05, 4.69) is 9.68 Å². The molecule has 0 aromatic rings. The Kier molecular flexibility index (Phi) is 5.81. The van der Waals surface area contributed by atoms with Gasteiger partial charge in [-0.25, -0.2) is 0 Å². The molecule has 0 N–H and O–H groups in total. The highest BCUT2D eigenvalue weighted by Crippen LogP contribution is 2.20. The van der Waals surface area contributed by atoms with Crippen molar-refractivity contribution in [3.05, 3.63) is 40.5 Å². The lowest BCUT2D eigenvalue weighted by atomic mass is 9.90. The second-order valence-electron chi connectivity index (χ2n) is 3.48. The number of hydrogen-bond acceptors (Lipinski definition) is 10. The van der Waals surface area contributed by atoms with Crippen molar-refractivity contribution in [1.82, 2.24) is 0 Å². The van der Waals surface area contributed by atoms with Crippen LogP contribution in [0.5, 0.6) is 0 Å². The highest BCUT2D eigenvalue weighted by atomic mass is 17.0. The molecule has 14 heteroatoms. The number of nitro groups is 2. The van der Waals surface area contributed by atoms with Crippen molar-refractivity contribution < 1.29 is 29.7 Å². The minimum atomic E-state index is -2.12. The average molecular weight is 284 g/mol. The van der Waals surface area contributed by atoms with Crippen LogP contribution in [0.4, 0.5) is 0 Å². The Morgan fingerprint density at radius 3 is 1.26 bits per heavy atom. The summed E-state index contributed by atoms with van der Waals surface area (Å²) < 4.78 is 0. The van der Waals surface area contributed by atoms with Gasteiger partial charge in [0.25, 0.3) is 10.2 Å². The lowest BCUT2D eigenvalue weighted by Gasteiger charge is -2.23. The lowest BCUT2D eigenvalue weighted by Crippen LogP contribution is -2.45. The Labute approximate surface area is 103 Å². The lowest BCUT2D eigenvalue weighted by molar-refractivity contribution is -0.776. The first-order chi connectivity index (χ1) is 8.67. The summed E-state index contributed by atoms with van der Waals surface area (Å²) in [5.41, 5.74) is -2.12. The van der Waals surface area contributed by atoms with E-state index in [1.54, 1.807) is 0 Å². The van der Waals surface area contributed by atoms with Gasteiger partial charge in [0.2, 0.25) is 13.1 Å². The highest BCUT2D eigenvalue weighted by Gasteiger charge is 2.44. The van der Waals surface area contributed by atoms with Crippen LogP contribution in [0.15, 0.2) is 0 Å². The van der Waals surface area contributed by atoms with Crippen molar-refractivity contribution in [3.63, 3.8) is 0 Å². The van der Waals surface area contributed by atoms with Crippen molar-refractivity contribution in [2.24, 2.45) is 5.41 Å². The average Bonchev–Trinajstić information content (AvgIpc) is 2.22. The van der Waals surface area contributed by atoms with Crippen LogP contribution in [-0.4, -0.2) is 46.3 Å². The van der Waals surface area contributed by atoms with Crippen LogP contribution in [0.1, 0.15) is 0 Å². The van der Waals surface area contributed by atoms with Gasteiger partial charge in [0.1, 0.15) is 18.6 Å². The Hall–Kier alpha value is -2.80. The minimum Gasteiger partial charge on any atom is -0.313 e. The van der Waals surface area contributed by atoms with E-state index in [1.807, 2.05) is 0 Å². The van der Waals surface area contributed by atoms with Crippen molar-refractivity contribution in [3.8, 4) is 0 Å². The molecule has 0 radical (unpaired) electrons. The van der Waals surface area contributed by atoms with Crippen molar-refractivity contribution in [1.29, 1.82) is 0 Å². The topological polar surface area (TPSA) is 191 Å². The molecule has 14 nitrogen and oxygen atoms in total. The molecule has 0 bridgehead atoms.